The van der Waals surface area contributed by atoms with E-state index in [4.69, 9.17) is 4.42 Å². The van der Waals surface area contributed by atoms with E-state index < -0.39 is 0 Å². The highest BCUT2D eigenvalue weighted by Gasteiger charge is 2.14. The standard InChI is InChI=1S/C22H15BrN2O3/c23-18-11-4-8-15-12-19(28-20(15)18)22(27)25-17-10-5-9-16(13-17)24-21(26)14-6-2-1-3-7-14/h1-13H,(H,24,26)(H,25,27). The molecule has 0 saturated heterocycles. The molecular formula is C22H15BrN2O3. The fourth-order valence-electron chi connectivity index (χ4n) is 2.80. The van der Waals surface area contributed by atoms with Crippen molar-refractivity contribution < 1.29 is 14.0 Å². The number of hydrogen-bond donors (Lipinski definition) is 2. The lowest BCUT2D eigenvalue weighted by Crippen LogP contribution is -2.13. The van der Waals surface area contributed by atoms with Gasteiger partial charge in [0.25, 0.3) is 11.8 Å². The summed E-state index contributed by atoms with van der Waals surface area (Å²) in [6, 6.07) is 23.2. The molecule has 0 radical (unpaired) electrons. The summed E-state index contributed by atoms with van der Waals surface area (Å²) in [5.74, 6) is -0.374. The summed E-state index contributed by atoms with van der Waals surface area (Å²) < 4.78 is 6.44. The van der Waals surface area contributed by atoms with Crippen LogP contribution in [0.4, 0.5) is 11.4 Å². The van der Waals surface area contributed by atoms with Gasteiger partial charge in [-0.15, -0.1) is 0 Å². The molecule has 0 atom stereocenters. The molecule has 0 aliphatic heterocycles. The van der Waals surface area contributed by atoms with Crippen molar-refractivity contribution in [3.63, 3.8) is 0 Å². The second kappa shape index (κ2) is 7.70. The minimum absolute atomic E-state index is 0.209. The van der Waals surface area contributed by atoms with E-state index in [1.807, 2.05) is 24.3 Å². The highest BCUT2D eigenvalue weighted by Crippen LogP contribution is 2.27. The Labute approximate surface area is 169 Å². The number of para-hydroxylation sites is 1. The highest BCUT2D eigenvalue weighted by molar-refractivity contribution is 9.10. The van der Waals surface area contributed by atoms with E-state index in [1.165, 1.54) is 0 Å². The summed E-state index contributed by atoms with van der Waals surface area (Å²) in [4.78, 5) is 24.8. The van der Waals surface area contributed by atoms with Crippen LogP contribution in [0.15, 0.2) is 87.8 Å². The number of halogens is 1. The van der Waals surface area contributed by atoms with E-state index in [1.54, 1.807) is 54.6 Å². The van der Waals surface area contributed by atoms with Gasteiger partial charge in [-0.2, -0.15) is 0 Å². The highest BCUT2D eigenvalue weighted by atomic mass is 79.9. The van der Waals surface area contributed by atoms with Crippen molar-refractivity contribution >= 4 is 50.1 Å². The molecule has 0 saturated carbocycles. The van der Waals surface area contributed by atoms with Crippen molar-refractivity contribution in [3.05, 3.63) is 94.7 Å². The zero-order valence-electron chi connectivity index (χ0n) is 14.6. The molecular weight excluding hydrogens is 420 g/mol. The average molecular weight is 435 g/mol. The van der Waals surface area contributed by atoms with Crippen LogP contribution in [-0.4, -0.2) is 11.8 Å². The summed E-state index contributed by atoms with van der Waals surface area (Å²) in [6.45, 7) is 0. The number of benzene rings is 3. The third-order valence-electron chi connectivity index (χ3n) is 4.13. The van der Waals surface area contributed by atoms with Crippen LogP contribution in [0.5, 0.6) is 0 Å². The summed E-state index contributed by atoms with van der Waals surface area (Å²) in [6.07, 6.45) is 0. The summed E-state index contributed by atoms with van der Waals surface area (Å²) in [5, 5.41) is 6.45. The number of nitrogens with one attached hydrogen (secondary N) is 2. The Hall–Kier alpha value is -3.38. The number of fused-ring (bicyclic) bond motifs is 1. The predicted molar refractivity (Wildman–Crippen MR) is 113 cm³/mol. The lowest BCUT2D eigenvalue weighted by molar-refractivity contribution is 0.0997. The fraction of sp³-hybridized carbons (Fsp3) is 0. The second-order valence-corrected chi connectivity index (χ2v) is 6.98. The molecule has 4 rings (SSSR count). The SMILES string of the molecule is O=C(Nc1cccc(NC(=O)c2cc3cccc(Br)c3o2)c1)c1ccccc1. The van der Waals surface area contributed by atoms with Crippen molar-refractivity contribution in [3.8, 4) is 0 Å². The van der Waals surface area contributed by atoms with Gasteiger partial charge in [-0.25, -0.2) is 0 Å². The van der Waals surface area contributed by atoms with Gasteiger partial charge in [0.15, 0.2) is 5.76 Å². The predicted octanol–water partition coefficient (Wildman–Crippen LogP) is 5.70. The maximum atomic E-state index is 12.5. The number of carbonyl (C=O) groups excluding carboxylic acids is 2. The third-order valence-corrected chi connectivity index (χ3v) is 4.76. The molecule has 1 aromatic heterocycles. The molecule has 0 aliphatic carbocycles. The van der Waals surface area contributed by atoms with Crippen LogP contribution in [0.3, 0.4) is 0 Å². The number of amides is 2. The molecule has 0 fully saturated rings. The number of anilines is 2. The van der Waals surface area contributed by atoms with Crippen molar-refractivity contribution in [2.75, 3.05) is 10.6 Å². The van der Waals surface area contributed by atoms with Crippen LogP contribution in [0.1, 0.15) is 20.9 Å². The Kier molecular flexibility index (Phi) is 4.95. The minimum Gasteiger partial charge on any atom is -0.450 e. The van der Waals surface area contributed by atoms with Gasteiger partial charge in [0.05, 0.1) is 4.47 Å². The van der Waals surface area contributed by atoms with Crippen LogP contribution in [0.2, 0.25) is 0 Å². The molecule has 2 amide bonds. The molecule has 0 unspecified atom stereocenters. The molecule has 6 heteroatoms. The first-order chi connectivity index (χ1) is 13.6. The van der Waals surface area contributed by atoms with Gasteiger partial charge in [0.1, 0.15) is 5.58 Å². The van der Waals surface area contributed by atoms with E-state index in [-0.39, 0.29) is 17.6 Å². The van der Waals surface area contributed by atoms with Gasteiger partial charge in [-0.05, 0) is 58.4 Å². The van der Waals surface area contributed by atoms with Gasteiger partial charge >= 0.3 is 0 Å². The molecule has 2 N–H and O–H groups in total. The van der Waals surface area contributed by atoms with Gasteiger partial charge in [-0.3, -0.25) is 9.59 Å². The molecule has 0 bridgehead atoms. The van der Waals surface area contributed by atoms with Crippen molar-refractivity contribution in [1.29, 1.82) is 0 Å². The first-order valence-corrected chi connectivity index (χ1v) is 9.35. The van der Waals surface area contributed by atoms with Crippen LogP contribution in [-0.2, 0) is 0 Å². The normalized spacial score (nSPS) is 10.6. The number of carbonyl (C=O) groups is 2. The lowest BCUT2D eigenvalue weighted by atomic mass is 10.2. The number of rotatable bonds is 4. The van der Waals surface area contributed by atoms with E-state index in [2.05, 4.69) is 26.6 Å². The van der Waals surface area contributed by atoms with Crippen LogP contribution in [0.25, 0.3) is 11.0 Å². The monoisotopic (exact) mass is 434 g/mol. The molecule has 1 heterocycles. The van der Waals surface area contributed by atoms with E-state index in [0.29, 0.717) is 22.5 Å². The molecule has 3 aromatic carbocycles. The molecule has 0 aliphatic rings. The molecule has 28 heavy (non-hydrogen) atoms. The first-order valence-electron chi connectivity index (χ1n) is 8.56. The Bertz CT molecular complexity index is 1170. The molecule has 0 spiro atoms. The van der Waals surface area contributed by atoms with Crippen molar-refractivity contribution in [1.82, 2.24) is 0 Å². The maximum Gasteiger partial charge on any atom is 0.291 e. The van der Waals surface area contributed by atoms with Gasteiger partial charge in [-0.1, -0.05) is 36.4 Å². The van der Waals surface area contributed by atoms with Crippen LogP contribution >= 0.6 is 15.9 Å². The Morgan fingerprint density at radius 1 is 0.750 bits per heavy atom. The van der Waals surface area contributed by atoms with Gasteiger partial charge in [0.2, 0.25) is 0 Å². The molecule has 138 valence electrons. The minimum atomic E-state index is -0.366. The molecule has 5 nitrogen and oxygen atoms in total. The van der Waals surface area contributed by atoms with Crippen LogP contribution in [0, 0.1) is 0 Å². The van der Waals surface area contributed by atoms with E-state index in [0.717, 1.165) is 9.86 Å². The summed E-state index contributed by atoms with van der Waals surface area (Å²) in [5.41, 5.74) is 2.32. The summed E-state index contributed by atoms with van der Waals surface area (Å²) >= 11 is 3.41. The van der Waals surface area contributed by atoms with Crippen molar-refractivity contribution in [2.45, 2.75) is 0 Å². The average Bonchev–Trinajstić information content (AvgIpc) is 3.15. The zero-order chi connectivity index (χ0) is 19.5. The Balaban J connectivity index is 1.50. The van der Waals surface area contributed by atoms with Gasteiger partial charge in [0, 0.05) is 22.3 Å². The number of hydrogen-bond acceptors (Lipinski definition) is 3. The smallest absolute Gasteiger partial charge is 0.291 e. The van der Waals surface area contributed by atoms with E-state index >= 15 is 0 Å². The van der Waals surface area contributed by atoms with Crippen LogP contribution < -0.4 is 10.6 Å². The van der Waals surface area contributed by atoms with E-state index in [9.17, 15) is 9.59 Å². The fourth-order valence-corrected chi connectivity index (χ4v) is 3.26. The maximum absolute atomic E-state index is 12.5. The second-order valence-electron chi connectivity index (χ2n) is 6.12. The molecule has 4 aromatic rings. The summed E-state index contributed by atoms with van der Waals surface area (Å²) in [7, 11) is 0. The Morgan fingerprint density at radius 2 is 1.43 bits per heavy atom. The third kappa shape index (κ3) is 3.82. The Morgan fingerprint density at radius 3 is 2.14 bits per heavy atom. The first kappa shape index (κ1) is 18.0. The van der Waals surface area contributed by atoms with Gasteiger partial charge < -0.3 is 15.1 Å². The van der Waals surface area contributed by atoms with Crippen molar-refractivity contribution in [2.24, 2.45) is 0 Å². The number of furan rings is 1. The quantitative estimate of drug-likeness (QED) is 0.432. The lowest BCUT2D eigenvalue weighted by Gasteiger charge is -2.08. The largest absolute Gasteiger partial charge is 0.450 e. The topological polar surface area (TPSA) is 71.3 Å². The zero-order valence-corrected chi connectivity index (χ0v) is 16.2.